The molecule has 1 aromatic carbocycles. The van der Waals surface area contributed by atoms with Crippen LogP contribution in [0.1, 0.15) is 12.5 Å². The van der Waals surface area contributed by atoms with Gasteiger partial charge >= 0.3 is 5.97 Å². The van der Waals surface area contributed by atoms with Crippen molar-refractivity contribution in [3.05, 3.63) is 48.1 Å². The van der Waals surface area contributed by atoms with Gasteiger partial charge in [-0.2, -0.15) is 0 Å². The van der Waals surface area contributed by atoms with E-state index in [1.165, 1.54) is 0 Å². The first-order valence-electron chi connectivity index (χ1n) is 8.87. The second-order valence-corrected chi connectivity index (χ2v) is 7.54. The summed E-state index contributed by atoms with van der Waals surface area (Å²) in [6, 6.07) is 5.13. The van der Waals surface area contributed by atoms with Gasteiger partial charge in [-0.25, -0.2) is 0 Å². The number of aliphatic carboxylic acids is 1. The Morgan fingerprint density at radius 2 is 2.15 bits per heavy atom. The fourth-order valence-corrected chi connectivity index (χ4v) is 4.96. The molecule has 140 valence electrons. The molecular formula is C20H19NO6. The number of carboxylic acids is 1. The molecule has 1 N–H and O–H groups in total. The van der Waals surface area contributed by atoms with Gasteiger partial charge in [0.05, 0.1) is 18.1 Å². The summed E-state index contributed by atoms with van der Waals surface area (Å²) in [6.07, 6.45) is 3.06. The highest BCUT2D eigenvalue weighted by Gasteiger charge is 2.71. The van der Waals surface area contributed by atoms with Crippen molar-refractivity contribution in [3.8, 4) is 11.5 Å². The molecule has 4 aliphatic heterocycles. The van der Waals surface area contributed by atoms with Crippen molar-refractivity contribution < 1.29 is 28.9 Å². The van der Waals surface area contributed by atoms with Crippen molar-refractivity contribution in [1.82, 2.24) is 4.90 Å². The fraction of sp³-hybridized carbons (Fsp3) is 0.400. The molecule has 4 aliphatic rings. The molecule has 0 saturated carbocycles. The van der Waals surface area contributed by atoms with Gasteiger partial charge in [0.1, 0.15) is 11.5 Å². The van der Waals surface area contributed by atoms with E-state index in [1.807, 2.05) is 31.2 Å². The van der Waals surface area contributed by atoms with Crippen molar-refractivity contribution in [2.75, 3.05) is 6.79 Å². The first kappa shape index (κ1) is 16.4. The Balaban J connectivity index is 1.53. The quantitative estimate of drug-likeness (QED) is 0.814. The molecule has 0 radical (unpaired) electrons. The van der Waals surface area contributed by atoms with E-state index in [9.17, 15) is 14.7 Å². The minimum atomic E-state index is -1.00. The lowest BCUT2D eigenvalue weighted by Gasteiger charge is -2.33. The van der Waals surface area contributed by atoms with Crippen LogP contribution in [-0.2, 0) is 20.9 Å². The number of likely N-dealkylation sites (tertiary alicyclic amines) is 1. The molecule has 5 atom stereocenters. The summed E-state index contributed by atoms with van der Waals surface area (Å²) in [5, 5.41) is 9.67. The van der Waals surface area contributed by atoms with Crippen molar-refractivity contribution in [3.63, 3.8) is 0 Å². The average Bonchev–Trinajstić information content (AvgIpc) is 3.35. The van der Waals surface area contributed by atoms with E-state index in [0.29, 0.717) is 18.0 Å². The van der Waals surface area contributed by atoms with Crippen molar-refractivity contribution in [2.45, 2.75) is 31.2 Å². The maximum atomic E-state index is 13.3. The van der Waals surface area contributed by atoms with Crippen molar-refractivity contribution in [2.24, 2.45) is 11.8 Å². The number of amides is 1. The smallest absolute Gasteiger partial charge is 0.310 e. The second-order valence-electron chi connectivity index (χ2n) is 7.54. The van der Waals surface area contributed by atoms with E-state index in [2.05, 4.69) is 6.58 Å². The lowest BCUT2D eigenvalue weighted by atomic mass is 9.74. The van der Waals surface area contributed by atoms with Gasteiger partial charge in [0.15, 0.2) is 11.5 Å². The molecule has 1 spiro atoms. The summed E-state index contributed by atoms with van der Waals surface area (Å²) in [4.78, 5) is 26.8. The summed E-state index contributed by atoms with van der Waals surface area (Å²) in [5.74, 6) is -1.50. The van der Waals surface area contributed by atoms with Crippen LogP contribution in [0.3, 0.4) is 0 Å². The Kier molecular flexibility index (Phi) is 3.25. The third-order valence-electron chi connectivity index (χ3n) is 5.92. The van der Waals surface area contributed by atoms with Gasteiger partial charge in [-0.15, -0.1) is 0 Å². The molecule has 2 saturated heterocycles. The first-order valence-corrected chi connectivity index (χ1v) is 8.87. The minimum absolute atomic E-state index is 0.182. The van der Waals surface area contributed by atoms with Gasteiger partial charge in [0.2, 0.25) is 12.7 Å². The molecule has 27 heavy (non-hydrogen) atoms. The number of nitrogens with zero attached hydrogens (tertiary/aromatic N) is 1. The van der Waals surface area contributed by atoms with Crippen LogP contribution >= 0.6 is 0 Å². The molecule has 1 aromatic rings. The summed E-state index contributed by atoms with van der Waals surface area (Å²) in [7, 11) is 0. The SMILES string of the molecule is C=C(C)[C@H]1N(Cc2ccc3c(c2)OCO3)C(=O)[C@@H]2[C@H](C(=O)O)[C@@H]3C=C[C@@]21O3. The molecule has 4 heterocycles. The zero-order valence-corrected chi connectivity index (χ0v) is 14.8. The highest BCUT2D eigenvalue weighted by atomic mass is 16.7. The van der Waals surface area contributed by atoms with Crippen LogP contribution in [0.4, 0.5) is 0 Å². The van der Waals surface area contributed by atoms with E-state index < -0.39 is 35.6 Å². The minimum Gasteiger partial charge on any atom is -0.481 e. The normalized spacial score (nSPS) is 35.0. The summed E-state index contributed by atoms with van der Waals surface area (Å²) in [5.41, 5.74) is 0.691. The maximum Gasteiger partial charge on any atom is 0.310 e. The number of carbonyl (C=O) groups is 2. The fourth-order valence-electron chi connectivity index (χ4n) is 4.96. The Bertz CT molecular complexity index is 908. The van der Waals surface area contributed by atoms with Crippen LogP contribution in [0.25, 0.3) is 0 Å². The van der Waals surface area contributed by atoms with Crippen LogP contribution in [-0.4, -0.2) is 46.4 Å². The maximum absolute atomic E-state index is 13.3. The van der Waals surface area contributed by atoms with E-state index >= 15 is 0 Å². The zero-order valence-electron chi connectivity index (χ0n) is 14.8. The first-order chi connectivity index (χ1) is 12.9. The van der Waals surface area contributed by atoms with E-state index in [-0.39, 0.29) is 12.7 Å². The monoisotopic (exact) mass is 369 g/mol. The second kappa shape index (κ2) is 5.36. The van der Waals surface area contributed by atoms with Gasteiger partial charge in [0.25, 0.3) is 0 Å². The van der Waals surface area contributed by atoms with Crippen LogP contribution in [0, 0.1) is 11.8 Å². The van der Waals surface area contributed by atoms with Crippen LogP contribution in [0.2, 0.25) is 0 Å². The zero-order chi connectivity index (χ0) is 18.9. The van der Waals surface area contributed by atoms with Gasteiger partial charge < -0.3 is 24.2 Å². The lowest BCUT2D eigenvalue weighted by Crippen LogP contribution is -2.45. The Labute approximate surface area is 155 Å². The molecule has 0 aliphatic carbocycles. The van der Waals surface area contributed by atoms with Crippen LogP contribution in [0.5, 0.6) is 11.5 Å². The number of rotatable bonds is 4. The van der Waals surface area contributed by atoms with Gasteiger partial charge in [-0.3, -0.25) is 9.59 Å². The average molecular weight is 369 g/mol. The van der Waals surface area contributed by atoms with Crippen LogP contribution in [0.15, 0.2) is 42.5 Å². The summed E-state index contributed by atoms with van der Waals surface area (Å²) < 4.78 is 16.8. The standard InChI is InChI=1S/C20H19NO6/c1-10(2)17-20-6-5-13(27-20)15(19(23)24)16(20)18(22)21(17)8-11-3-4-12-14(7-11)26-9-25-12/h3-7,13,15-17H,1,8-9H2,2H3,(H,23,24)/t13-,15+,16-,17+,20+/m0/s1. The number of fused-ring (bicyclic) bond motifs is 2. The third kappa shape index (κ3) is 2.06. The highest BCUT2D eigenvalue weighted by molar-refractivity contribution is 5.92. The topological polar surface area (TPSA) is 85.3 Å². The van der Waals surface area contributed by atoms with Gasteiger partial charge in [0, 0.05) is 6.54 Å². The molecule has 2 bridgehead atoms. The molecular weight excluding hydrogens is 350 g/mol. The largest absolute Gasteiger partial charge is 0.481 e. The predicted molar refractivity (Wildman–Crippen MR) is 93.1 cm³/mol. The molecule has 7 heteroatoms. The number of benzene rings is 1. The van der Waals surface area contributed by atoms with E-state index in [4.69, 9.17) is 14.2 Å². The predicted octanol–water partition coefficient (Wildman–Crippen LogP) is 1.73. The Hall–Kier alpha value is -2.80. The summed E-state index contributed by atoms with van der Waals surface area (Å²) in [6.45, 7) is 6.41. The van der Waals surface area contributed by atoms with E-state index in [0.717, 1.165) is 11.1 Å². The molecule has 2 fully saturated rings. The summed E-state index contributed by atoms with van der Waals surface area (Å²) >= 11 is 0. The number of hydrogen-bond acceptors (Lipinski definition) is 5. The van der Waals surface area contributed by atoms with Gasteiger partial charge in [-0.05, 0) is 24.6 Å². The van der Waals surface area contributed by atoms with Crippen LogP contribution < -0.4 is 9.47 Å². The highest BCUT2D eigenvalue weighted by Crippen LogP contribution is 2.56. The van der Waals surface area contributed by atoms with Crippen molar-refractivity contribution in [1.29, 1.82) is 0 Å². The lowest BCUT2D eigenvalue weighted by molar-refractivity contribution is -0.148. The molecule has 1 amide bonds. The van der Waals surface area contributed by atoms with Crippen molar-refractivity contribution >= 4 is 11.9 Å². The number of hydrogen-bond donors (Lipinski definition) is 1. The third-order valence-corrected chi connectivity index (χ3v) is 5.92. The van der Waals surface area contributed by atoms with E-state index in [1.54, 1.807) is 11.0 Å². The number of carboxylic acid groups (broad SMARTS) is 1. The Morgan fingerprint density at radius 1 is 1.37 bits per heavy atom. The molecule has 5 rings (SSSR count). The number of ether oxygens (including phenoxy) is 3. The Morgan fingerprint density at radius 3 is 2.89 bits per heavy atom. The molecule has 7 nitrogen and oxygen atoms in total. The molecule has 0 unspecified atom stereocenters. The number of carbonyl (C=O) groups excluding carboxylic acids is 1. The molecule has 0 aromatic heterocycles. The van der Waals surface area contributed by atoms with Gasteiger partial charge in [-0.1, -0.05) is 30.4 Å².